The minimum atomic E-state index is 0.552. The van der Waals surface area contributed by atoms with E-state index in [0.717, 1.165) is 94.1 Å². The number of rotatable bonds is 7. The lowest BCUT2D eigenvalue weighted by Crippen LogP contribution is -2.07. The van der Waals surface area contributed by atoms with Crippen LogP contribution in [0.5, 0.6) is 0 Å². The maximum Gasteiger partial charge on any atom is 0.238 e. The van der Waals surface area contributed by atoms with Crippen molar-refractivity contribution in [3.8, 4) is 62.6 Å². The monoisotopic (exact) mass is 881 g/mol. The number of hydrogen-bond acceptors (Lipinski definition) is 4. The van der Waals surface area contributed by atoms with E-state index in [9.17, 15) is 0 Å². The molecule has 0 saturated heterocycles. The van der Waals surface area contributed by atoms with Crippen LogP contribution in [0.1, 0.15) is 0 Å². The Morgan fingerprint density at radius 1 is 0.246 bits per heavy atom. The SMILES string of the molecule is c1ccc(-c2nc(-c3ccccc3)nc(-n3c4ccccc4c4ccc5c6ccccc6n(-c6cccc(-c7cccc(-c8ccc9c(c8)c8ccccc8n9-c8ccccc8)n7)c6)c5c43)n2)cc1. The maximum atomic E-state index is 5.37. The number of benzene rings is 9. The Bertz CT molecular complexity index is 4240. The Morgan fingerprint density at radius 2 is 0.696 bits per heavy atom. The van der Waals surface area contributed by atoms with Crippen LogP contribution in [0, 0.1) is 0 Å². The Balaban J connectivity index is 0.965. The normalized spacial score (nSPS) is 11.8. The summed E-state index contributed by atoms with van der Waals surface area (Å²) in [6, 6.07) is 83.2. The molecule has 0 atom stereocenters. The third-order valence-corrected chi connectivity index (χ3v) is 13.5. The second kappa shape index (κ2) is 15.6. The molecule has 0 bridgehead atoms. The van der Waals surface area contributed by atoms with Gasteiger partial charge < -0.3 is 9.13 Å². The van der Waals surface area contributed by atoms with Crippen LogP contribution in [0.3, 0.4) is 0 Å². The quantitative estimate of drug-likeness (QED) is 0.160. The smallest absolute Gasteiger partial charge is 0.238 e. The lowest BCUT2D eigenvalue weighted by molar-refractivity contribution is 0.953. The summed E-state index contributed by atoms with van der Waals surface area (Å²) >= 11 is 0. The van der Waals surface area contributed by atoms with Gasteiger partial charge in [0.05, 0.1) is 44.5 Å². The van der Waals surface area contributed by atoms with Crippen LogP contribution < -0.4 is 0 Å². The number of hydrogen-bond donors (Lipinski definition) is 0. The molecule has 0 N–H and O–H groups in total. The first-order valence-electron chi connectivity index (χ1n) is 23.2. The van der Waals surface area contributed by atoms with Gasteiger partial charge >= 0.3 is 0 Å². The highest BCUT2D eigenvalue weighted by Gasteiger charge is 2.24. The fourth-order valence-corrected chi connectivity index (χ4v) is 10.4. The molecule has 322 valence electrons. The van der Waals surface area contributed by atoms with Crippen molar-refractivity contribution in [2.75, 3.05) is 0 Å². The second-order valence-electron chi connectivity index (χ2n) is 17.5. The third kappa shape index (κ3) is 6.21. The lowest BCUT2D eigenvalue weighted by atomic mass is 10.0. The largest absolute Gasteiger partial charge is 0.309 e. The van der Waals surface area contributed by atoms with Crippen molar-refractivity contribution in [3.63, 3.8) is 0 Å². The first-order chi connectivity index (χ1) is 34.2. The molecule has 9 aromatic carbocycles. The lowest BCUT2D eigenvalue weighted by Gasteiger charge is -2.14. The summed E-state index contributed by atoms with van der Waals surface area (Å²) in [6.45, 7) is 0. The van der Waals surface area contributed by atoms with Crippen LogP contribution in [-0.4, -0.2) is 33.6 Å². The van der Waals surface area contributed by atoms with Crippen molar-refractivity contribution in [1.82, 2.24) is 33.6 Å². The molecule has 0 amide bonds. The van der Waals surface area contributed by atoms with E-state index < -0.39 is 0 Å². The highest BCUT2D eigenvalue weighted by Crippen LogP contribution is 2.42. The highest BCUT2D eigenvalue weighted by molar-refractivity contribution is 6.23. The van der Waals surface area contributed by atoms with Gasteiger partial charge in [0, 0.05) is 65.9 Å². The second-order valence-corrected chi connectivity index (χ2v) is 17.5. The van der Waals surface area contributed by atoms with Crippen LogP contribution in [0.4, 0.5) is 0 Å². The molecule has 14 aromatic rings. The Labute approximate surface area is 396 Å². The molecule has 5 heterocycles. The molecule has 7 nitrogen and oxygen atoms in total. The molecule has 0 saturated carbocycles. The van der Waals surface area contributed by atoms with E-state index in [1.807, 2.05) is 36.4 Å². The first-order valence-corrected chi connectivity index (χ1v) is 23.2. The van der Waals surface area contributed by atoms with E-state index in [4.69, 9.17) is 19.9 Å². The van der Waals surface area contributed by atoms with Crippen molar-refractivity contribution in [2.45, 2.75) is 0 Å². The molecule has 7 heteroatoms. The van der Waals surface area contributed by atoms with Crippen molar-refractivity contribution >= 4 is 65.4 Å². The molecule has 0 unspecified atom stereocenters. The predicted octanol–water partition coefficient (Wildman–Crippen LogP) is 15.2. The summed E-state index contributed by atoms with van der Waals surface area (Å²) in [5, 5.41) is 6.93. The third-order valence-electron chi connectivity index (χ3n) is 13.5. The van der Waals surface area contributed by atoms with Gasteiger partial charge in [0.1, 0.15) is 0 Å². The van der Waals surface area contributed by atoms with Crippen molar-refractivity contribution < 1.29 is 0 Å². The van der Waals surface area contributed by atoms with Crippen molar-refractivity contribution in [1.29, 1.82) is 0 Å². The molecular weight excluding hydrogens is 843 g/mol. The van der Waals surface area contributed by atoms with Crippen molar-refractivity contribution in [3.05, 3.63) is 237 Å². The van der Waals surface area contributed by atoms with E-state index in [2.05, 4.69) is 214 Å². The molecule has 0 aliphatic heterocycles. The van der Waals surface area contributed by atoms with Gasteiger partial charge in [0.2, 0.25) is 5.95 Å². The average Bonchev–Trinajstić information content (AvgIpc) is 4.07. The molecule has 14 rings (SSSR count). The topological polar surface area (TPSA) is 66.3 Å². The van der Waals surface area contributed by atoms with Gasteiger partial charge in [0.25, 0.3) is 0 Å². The van der Waals surface area contributed by atoms with Crippen LogP contribution >= 0.6 is 0 Å². The minimum absolute atomic E-state index is 0.552. The van der Waals surface area contributed by atoms with Gasteiger partial charge in [-0.15, -0.1) is 0 Å². The van der Waals surface area contributed by atoms with Gasteiger partial charge in [0.15, 0.2) is 11.6 Å². The van der Waals surface area contributed by atoms with Crippen LogP contribution in [0.15, 0.2) is 237 Å². The molecule has 0 radical (unpaired) electrons. The molecule has 0 aliphatic carbocycles. The minimum Gasteiger partial charge on any atom is -0.309 e. The van der Waals surface area contributed by atoms with Crippen LogP contribution in [-0.2, 0) is 0 Å². The van der Waals surface area contributed by atoms with Crippen LogP contribution in [0.25, 0.3) is 128 Å². The molecule has 0 spiro atoms. The average molecular weight is 882 g/mol. The van der Waals surface area contributed by atoms with E-state index in [1.54, 1.807) is 0 Å². The Hall–Kier alpha value is -9.46. The van der Waals surface area contributed by atoms with Gasteiger partial charge in [-0.25, -0.2) is 9.97 Å². The van der Waals surface area contributed by atoms with Gasteiger partial charge in [-0.1, -0.05) is 170 Å². The highest BCUT2D eigenvalue weighted by atomic mass is 15.2. The number of aromatic nitrogens is 7. The molecular formula is C62H39N7. The standard InChI is InChI=1S/C62H39N7/c1-4-18-40(19-5-1)60-64-61(41-20-6-2-7-21-41)66-62(65-60)69-56-33-15-11-27-47(56)50-36-35-49-46-26-10-14-32-55(46)68(58(49)59(50)69)45-25-16-22-42(38-45)52-29-17-30-53(63-52)43-34-37-57-51(39-43)48-28-12-13-31-54(48)67(57)44-23-8-3-9-24-44/h1-39H. The number of pyridine rings is 1. The summed E-state index contributed by atoms with van der Waals surface area (Å²) < 4.78 is 7.00. The van der Waals surface area contributed by atoms with Gasteiger partial charge in [-0.2, -0.15) is 9.97 Å². The Kier molecular flexibility index (Phi) is 8.75. The van der Waals surface area contributed by atoms with Crippen molar-refractivity contribution in [2.24, 2.45) is 0 Å². The van der Waals surface area contributed by atoms with E-state index in [0.29, 0.717) is 17.6 Å². The number of nitrogens with zero attached hydrogens (tertiary/aromatic N) is 7. The zero-order valence-electron chi connectivity index (χ0n) is 37.1. The molecule has 69 heavy (non-hydrogen) atoms. The summed E-state index contributed by atoms with van der Waals surface area (Å²) in [5.41, 5.74) is 14.4. The number of fused-ring (bicyclic) bond motifs is 10. The summed E-state index contributed by atoms with van der Waals surface area (Å²) in [4.78, 5) is 21.0. The van der Waals surface area contributed by atoms with Crippen LogP contribution in [0.2, 0.25) is 0 Å². The zero-order chi connectivity index (χ0) is 45.4. The summed E-state index contributed by atoms with van der Waals surface area (Å²) in [6.07, 6.45) is 0. The van der Waals surface area contributed by atoms with Gasteiger partial charge in [-0.05, 0) is 66.7 Å². The summed E-state index contributed by atoms with van der Waals surface area (Å²) in [7, 11) is 0. The Morgan fingerprint density at radius 3 is 1.32 bits per heavy atom. The van der Waals surface area contributed by atoms with Gasteiger partial charge in [-0.3, -0.25) is 4.57 Å². The first kappa shape index (κ1) is 38.8. The fraction of sp³-hybridized carbons (Fsp3) is 0. The summed E-state index contributed by atoms with van der Waals surface area (Å²) in [5.74, 6) is 1.77. The molecule has 5 aromatic heterocycles. The number of para-hydroxylation sites is 4. The fourth-order valence-electron chi connectivity index (χ4n) is 10.4. The predicted molar refractivity (Wildman–Crippen MR) is 282 cm³/mol. The van der Waals surface area contributed by atoms with E-state index in [-0.39, 0.29) is 0 Å². The molecule has 0 fully saturated rings. The maximum absolute atomic E-state index is 5.37. The zero-order valence-corrected chi connectivity index (χ0v) is 37.1. The van der Waals surface area contributed by atoms with E-state index >= 15 is 0 Å². The molecule has 0 aliphatic rings. The van der Waals surface area contributed by atoms with E-state index in [1.165, 1.54) is 16.3 Å².